The number of hydrogen-bond donors (Lipinski definition) is 2. The number of nitrogens with one attached hydrogen (secondary N) is 1. The molecule has 4 nitrogen and oxygen atoms in total. The Balaban J connectivity index is 4.47. The van der Waals surface area contributed by atoms with Crippen LogP contribution in [-0.4, -0.2) is 23.0 Å². The standard InChI is InChI=1S/C12H23NO3/c1-5-6-8(2)9(3)11(7-12(15)16)13-10(4)14/h8-9,11H,5-7H2,1-4H3,(H,13,14)(H,15,16). The quantitative estimate of drug-likeness (QED) is 0.702. The van der Waals surface area contributed by atoms with Crippen LogP contribution in [0, 0.1) is 11.8 Å². The van der Waals surface area contributed by atoms with Gasteiger partial charge in [0.2, 0.25) is 5.91 Å². The normalized spacial score (nSPS) is 16.2. The van der Waals surface area contributed by atoms with Crippen LogP contribution in [0.2, 0.25) is 0 Å². The van der Waals surface area contributed by atoms with Crippen LogP contribution in [0.25, 0.3) is 0 Å². The summed E-state index contributed by atoms with van der Waals surface area (Å²) in [5, 5.41) is 11.5. The Morgan fingerprint density at radius 1 is 1.31 bits per heavy atom. The first kappa shape index (κ1) is 14.9. The van der Waals surface area contributed by atoms with Crippen molar-refractivity contribution in [3.63, 3.8) is 0 Å². The number of carbonyl (C=O) groups is 2. The first-order chi connectivity index (χ1) is 7.38. The van der Waals surface area contributed by atoms with Crippen LogP contribution in [0.5, 0.6) is 0 Å². The van der Waals surface area contributed by atoms with Crippen molar-refractivity contribution >= 4 is 11.9 Å². The summed E-state index contributed by atoms with van der Waals surface area (Å²) in [6.07, 6.45) is 2.12. The van der Waals surface area contributed by atoms with E-state index in [1.54, 1.807) is 0 Å². The summed E-state index contributed by atoms with van der Waals surface area (Å²) in [6.45, 7) is 7.63. The molecule has 2 N–H and O–H groups in total. The molecule has 16 heavy (non-hydrogen) atoms. The van der Waals surface area contributed by atoms with Crippen molar-refractivity contribution in [2.45, 2.75) is 53.0 Å². The van der Waals surface area contributed by atoms with E-state index < -0.39 is 5.97 Å². The minimum atomic E-state index is -0.866. The average molecular weight is 229 g/mol. The van der Waals surface area contributed by atoms with Gasteiger partial charge in [-0.1, -0.05) is 33.6 Å². The van der Waals surface area contributed by atoms with Crippen LogP contribution < -0.4 is 5.32 Å². The molecule has 1 amide bonds. The lowest BCUT2D eigenvalue weighted by Gasteiger charge is -2.28. The Kier molecular flexibility index (Phi) is 6.77. The van der Waals surface area contributed by atoms with E-state index in [1.165, 1.54) is 6.92 Å². The number of carboxylic acid groups (broad SMARTS) is 1. The van der Waals surface area contributed by atoms with Crippen molar-refractivity contribution in [2.75, 3.05) is 0 Å². The summed E-state index contributed by atoms with van der Waals surface area (Å²) in [6, 6.07) is -0.267. The van der Waals surface area contributed by atoms with Crippen LogP contribution in [-0.2, 0) is 9.59 Å². The van der Waals surface area contributed by atoms with Gasteiger partial charge in [0.1, 0.15) is 0 Å². The number of carboxylic acids is 1. The third-order valence-electron chi connectivity index (χ3n) is 3.06. The van der Waals surface area contributed by atoms with Gasteiger partial charge in [0, 0.05) is 13.0 Å². The second-order valence-corrected chi connectivity index (χ2v) is 4.53. The molecule has 0 aliphatic heterocycles. The molecule has 94 valence electrons. The molecule has 0 aromatic heterocycles. The molecule has 0 radical (unpaired) electrons. The number of aliphatic carboxylic acids is 1. The largest absolute Gasteiger partial charge is 0.481 e. The van der Waals surface area contributed by atoms with Crippen molar-refractivity contribution in [2.24, 2.45) is 11.8 Å². The van der Waals surface area contributed by atoms with Gasteiger partial charge in [-0.25, -0.2) is 0 Å². The van der Waals surface area contributed by atoms with Crippen molar-refractivity contribution in [1.82, 2.24) is 5.32 Å². The first-order valence-corrected chi connectivity index (χ1v) is 5.87. The predicted molar refractivity (Wildman–Crippen MR) is 63.1 cm³/mol. The van der Waals surface area contributed by atoms with Gasteiger partial charge in [-0.05, 0) is 11.8 Å². The maximum atomic E-state index is 11.0. The SMILES string of the molecule is CCCC(C)C(C)C(CC(=O)O)NC(C)=O. The highest BCUT2D eigenvalue weighted by molar-refractivity contribution is 5.75. The molecule has 4 heteroatoms. The molecular formula is C12H23NO3. The molecule has 0 saturated heterocycles. The zero-order valence-electron chi connectivity index (χ0n) is 10.6. The van der Waals surface area contributed by atoms with Gasteiger partial charge >= 0.3 is 5.97 Å². The Labute approximate surface area is 97.4 Å². The third kappa shape index (κ3) is 5.73. The second-order valence-electron chi connectivity index (χ2n) is 4.53. The van der Waals surface area contributed by atoms with E-state index in [-0.39, 0.29) is 24.3 Å². The minimum absolute atomic E-state index is 0.00516. The number of amides is 1. The minimum Gasteiger partial charge on any atom is -0.481 e. The molecule has 0 rings (SSSR count). The van der Waals surface area contributed by atoms with E-state index >= 15 is 0 Å². The molecule has 0 saturated carbocycles. The summed E-state index contributed by atoms with van der Waals surface area (Å²) >= 11 is 0. The lowest BCUT2D eigenvalue weighted by molar-refractivity contribution is -0.138. The van der Waals surface area contributed by atoms with E-state index in [1.807, 2.05) is 6.92 Å². The number of rotatable bonds is 7. The Morgan fingerprint density at radius 3 is 2.25 bits per heavy atom. The smallest absolute Gasteiger partial charge is 0.305 e. The highest BCUT2D eigenvalue weighted by Gasteiger charge is 2.25. The molecule has 0 fully saturated rings. The molecule has 0 spiro atoms. The van der Waals surface area contributed by atoms with Crippen molar-refractivity contribution in [1.29, 1.82) is 0 Å². The van der Waals surface area contributed by atoms with Crippen molar-refractivity contribution in [3.8, 4) is 0 Å². The fraction of sp³-hybridized carbons (Fsp3) is 0.833. The summed E-state index contributed by atoms with van der Waals surface area (Å²) in [4.78, 5) is 21.7. The predicted octanol–water partition coefficient (Wildman–Crippen LogP) is 2.04. The van der Waals surface area contributed by atoms with Gasteiger partial charge in [-0.2, -0.15) is 0 Å². The van der Waals surface area contributed by atoms with E-state index in [2.05, 4.69) is 19.2 Å². The highest BCUT2D eigenvalue weighted by atomic mass is 16.4. The molecule has 0 aromatic rings. The van der Waals surface area contributed by atoms with Gasteiger partial charge < -0.3 is 10.4 Å². The van der Waals surface area contributed by atoms with Gasteiger partial charge in [-0.3, -0.25) is 9.59 Å². The van der Waals surface area contributed by atoms with Crippen LogP contribution >= 0.6 is 0 Å². The Bertz CT molecular complexity index is 224. The van der Waals surface area contributed by atoms with E-state index in [4.69, 9.17) is 5.11 Å². The third-order valence-corrected chi connectivity index (χ3v) is 3.06. The molecule has 3 atom stereocenters. The van der Waals surface area contributed by atoms with Crippen LogP contribution in [0.3, 0.4) is 0 Å². The summed E-state index contributed by atoms with van der Waals surface area (Å²) in [5.74, 6) is -0.433. The fourth-order valence-electron chi connectivity index (χ4n) is 1.93. The van der Waals surface area contributed by atoms with E-state index in [0.29, 0.717) is 5.92 Å². The zero-order chi connectivity index (χ0) is 12.7. The Hall–Kier alpha value is -1.06. The highest BCUT2D eigenvalue weighted by Crippen LogP contribution is 2.22. The molecule has 0 bridgehead atoms. The first-order valence-electron chi connectivity index (χ1n) is 5.87. The monoisotopic (exact) mass is 229 g/mol. The lowest BCUT2D eigenvalue weighted by atomic mass is 9.84. The second kappa shape index (κ2) is 7.25. The summed E-state index contributed by atoms with van der Waals surface area (Å²) in [5.41, 5.74) is 0. The topological polar surface area (TPSA) is 66.4 Å². The summed E-state index contributed by atoms with van der Waals surface area (Å²) < 4.78 is 0. The average Bonchev–Trinajstić information content (AvgIpc) is 2.14. The molecule has 0 heterocycles. The molecular weight excluding hydrogens is 206 g/mol. The molecule has 0 aliphatic carbocycles. The summed E-state index contributed by atoms with van der Waals surface area (Å²) in [7, 11) is 0. The van der Waals surface area contributed by atoms with Crippen molar-refractivity contribution < 1.29 is 14.7 Å². The van der Waals surface area contributed by atoms with Gasteiger partial charge in [0.15, 0.2) is 0 Å². The van der Waals surface area contributed by atoms with Crippen LogP contribution in [0.1, 0.15) is 47.0 Å². The number of carbonyl (C=O) groups excluding carboxylic acids is 1. The lowest BCUT2D eigenvalue weighted by Crippen LogP contribution is -2.41. The van der Waals surface area contributed by atoms with Crippen molar-refractivity contribution in [3.05, 3.63) is 0 Å². The Morgan fingerprint density at radius 2 is 1.88 bits per heavy atom. The maximum Gasteiger partial charge on any atom is 0.305 e. The number of hydrogen-bond acceptors (Lipinski definition) is 2. The zero-order valence-corrected chi connectivity index (χ0v) is 10.6. The molecule has 3 unspecified atom stereocenters. The molecule has 0 aliphatic rings. The van der Waals surface area contributed by atoms with Gasteiger partial charge in [-0.15, -0.1) is 0 Å². The van der Waals surface area contributed by atoms with Gasteiger partial charge in [0.05, 0.1) is 6.42 Å². The van der Waals surface area contributed by atoms with E-state index in [0.717, 1.165) is 12.8 Å². The molecule has 0 aromatic carbocycles. The van der Waals surface area contributed by atoms with Gasteiger partial charge in [0.25, 0.3) is 0 Å². The van der Waals surface area contributed by atoms with Crippen LogP contribution in [0.15, 0.2) is 0 Å². The van der Waals surface area contributed by atoms with E-state index in [9.17, 15) is 9.59 Å². The van der Waals surface area contributed by atoms with Crippen LogP contribution in [0.4, 0.5) is 0 Å². The fourth-order valence-corrected chi connectivity index (χ4v) is 1.93. The maximum absolute atomic E-state index is 11.0.